The largest absolute Gasteiger partial charge is 0.388 e. The first kappa shape index (κ1) is 17.2. The van der Waals surface area contributed by atoms with Crippen LogP contribution in [0.2, 0.25) is 0 Å². The van der Waals surface area contributed by atoms with Gasteiger partial charge < -0.3 is 10.0 Å². The summed E-state index contributed by atoms with van der Waals surface area (Å²) in [6.45, 7) is 7.70. The van der Waals surface area contributed by atoms with Crippen molar-refractivity contribution in [2.75, 3.05) is 6.54 Å². The van der Waals surface area contributed by atoms with Crippen LogP contribution in [-0.2, 0) is 6.54 Å². The molecule has 0 aliphatic carbocycles. The Morgan fingerprint density at radius 2 is 1.64 bits per heavy atom. The van der Waals surface area contributed by atoms with Crippen LogP contribution >= 0.6 is 0 Å². The van der Waals surface area contributed by atoms with Gasteiger partial charge >= 0.3 is 0 Å². The molecule has 0 radical (unpaired) electrons. The van der Waals surface area contributed by atoms with Crippen molar-refractivity contribution in [3.63, 3.8) is 0 Å². The highest BCUT2D eigenvalue weighted by molar-refractivity contribution is 5.83. The summed E-state index contributed by atoms with van der Waals surface area (Å²) in [4.78, 5) is 2.22. The van der Waals surface area contributed by atoms with Crippen LogP contribution < -0.4 is 0 Å². The molecule has 3 rings (SSSR count). The lowest BCUT2D eigenvalue weighted by Gasteiger charge is -2.26. The van der Waals surface area contributed by atoms with Crippen molar-refractivity contribution in [3.05, 3.63) is 96.2 Å². The number of nitrogens with zero attached hydrogens (tertiary/aromatic N) is 1. The van der Waals surface area contributed by atoms with Gasteiger partial charge in [0.25, 0.3) is 0 Å². The van der Waals surface area contributed by atoms with Gasteiger partial charge in [-0.25, -0.2) is 0 Å². The molecule has 2 heteroatoms. The molecule has 0 amide bonds. The molecular formula is C23H25NO. The SMILES string of the molecule is C=C(C)N(CC[C@@H](O)c1ccc2ccccc2c1)Cc1ccccc1. The highest BCUT2D eigenvalue weighted by Crippen LogP contribution is 2.23. The molecule has 0 spiro atoms. The molecule has 0 aromatic heterocycles. The standard InChI is InChI=1S/C23H25NO/c1-18(2)24(17-19-8-4-3-5-9-19)15-14-23(25)22-13-12-20-10-6-7-11-21(20)16-22/h3-13,16,23,25H,1,14-15,17H2,2H3/t23-/m1/s1. The smallest absolute Gasteiger partial charge is 0.0807 e. The number of hydrogen-bond acceptors (Lipinski definition) is 2. The molecule has 0 aliphatic rings. The minimum absolute atomic E-state index is 0.470. The summed E-state index contributed by atoms with van der Waals surface area (Å²) in [7, 11) is 0. The molecule has 0 saturated heterocycles. The molecule has 0 fully saturated rings. The van der Waals surface area contributed by atoms with Gasteiger partial charge in [0.05, 0.1) is 6.10 Å². The molecule has 25 heavy (non-hydrogen) atoms. The zero-order valence-corrected chi connectivity index (χ0v) is 14.7. The molecule has 0 aliphatic heterocycles. The molecule has 1 N–H and O–H groups in total. The first-order valence-corrected chi connectivity index (χ1v) is 8.74. The van der Waals surface area contributed by atoms with Crippen LogP contribution in [0.1, 0.15) is 30.6 Å². The quantitative estimate of drug-likeness (QED) is 0.635. The van der Waals surface area contributed by atoms with Gasteiger partial charge in [0.15, 0.2) is 0 Å². The second-order valence-electron chi connectivity index (χ2n) is 6.55. The summed E-state index contributed by atoms with van der Waals surface area (Å²) < 4.78 is 0. The van der Waals surface area contributed by atoms with Gasteiger partial charge in [-0.15, -0.1) is 0 Å². The first-order valence-electron chi connectivity index (χ1n) is 8.74. The van der Waals surface area contributed by atoms with Crippen molar-refractivity contribution in [1.29, 1.82) is 0 Å². The van der Waals surface area contributed by atoms with E-state index in [1.54, 1.807) is 0 Å². The second-order valence-corrected chi connectivity index (χ2v) is 6.55. The highest BCUT2D eigenvalue weighted by Gasteiger charge is 2.12. The van der Waals surface area contributed by atoms with Crippen molar-refractivity contribution >= 4 is 10.8 Å². The molecule has 0 unspecified atom stereocenters. The van der Waals surface area contributed by atoms with E-state index >= 15 is 0 Å². The van der Waals surface area contributed by atoms with Crippen LogP contribution in [0.5, 0.6) is 0 Å². The molecule has 0 heterocycles. The summed E-state index contributed by atoms with van der Waals surface area (Å²) in [5.74, 6) is 0. The fourth-order valence-corrected chi connectivity index (χ4v) is 3.07. The van der Waals surface area contributed by atoms with Crippen LogP contribution in [0.25, 0.3) is 10.8 Å². The van der Waals surface area contributed by atoms with Gasteiger partial charge in [0.2, 0.25) is 0 Å². The predicted octanol–water partition coefficient (Wildman–Crippen LogP) is 5.30. The molecule has 3 aromatic rings. The number of aliphatic hydroxyl groups excluding tert-OH is 1. The van der Waals surface area contributed by atoms with Crippen molar-refractivity contribution in [2.24, 2.45) is 0 Å². The van der Waals surface area contributed by atoms with E-state index < -0.39 is 6.10 Å². The van der Waals surface area contributed by atoms with E-state index in [0.717, 1.165) is 24.4 Å². The summed E-state index contributed by atoms with van der Waals surface area (Å²) >= 11 is 0. The van der Waals surface area contributed by atoms with Crippen LogP contribution in [0.4, 0.5) is 0 Å². The van der Waals surface area contributed by atoms with E-state index in [1.165, 1.54) is 16.3 Å². The Labute approximate surface area is 150 Å². The van der Waals surface area contributed by atoms with Gasteiger partial charge in [-0.3, -0.25) is 0 Å². The van der Waals surface area contributed by atoms with E-state index in [0.29, 0.717) is 6.42 Å². The third-order valence-corrected chi connectivity index (χ3v) is 4.59. The van der Waals surface area contributed by atoms with Gasteiger partial charge in [0.1, 0.15) is 0 Å². The van der Waals surface area contributed by atoms with Crippen LogP contribution in [0.3, 0.4) is 0 Å². The lowest BCUT2D eigenvalue weighted by Crippen LogP contribution is -2.23. The third kappa shape index (κ3) is 4.49. The molecule has 2 nitrogen and oxygen atoms in total. The normalized spacial score (nSPS) is 12.1. The summed E-state index contributed by atoms with van der Waals surface area (Å²) in [5.41, 5.74) is 3.25. The van der Waals surface area contributed by atoms with E-state index in [9.17, 15) is 5.11 Å². The molecule has 0 saturated carbocycles. The monoisotopic (exact) mass is 331 g/mol. The number of hydrogen-bond donors (Lipinski definition) is 1. The first-order chi connectivity index (χ1) is 12.1. The van der Waals surface area contributed by atoms with Gasteiger partial charge in [-0.2, -0.15) is 0 Å². The van der Waals surface area contributed by atoms with Gasteiger partial charge in [-0.1, -0.05) is 73.3 Å². The second kappa shape index (κ2) is 8.00. The van der Waals surface area contributed by atoms with Crippen molar-refractivity contribution < 1.29 is 5.11 Å². The Balaban J connectivity index is 1.66. The minimum atomic E-state index is -0.470. The Bertz CT molecular complexity index is 841. The summed E-state index contributed by atoms with van der Waals surface area (Å²) in [6.07, 6.45) is 0.208. The molecule has 3 aromatic carbocycles. The maximum Gasteiger partial charge on any atom is 0.0807 e. The minimum Gasteiger partial charge on any atom is -0.388 e. The number of aliphatic hydroxyl groups is 1. The zero-order valence-electron chi connectivity index (χ0n) is 14.7. The predicted molar refractivity (Wildman–Crippen MR) is 105 cm³/mol. The Morgan fingerprint density at radius 1 is 0.960 bits per heavy atom. The Hall–Kier alpha value is -2.58. The number of benzene rings is 3. The maximum atomic E-state index is 10.6. The van der Waals surface area contributed by atoms with Crippen molar-refractivity contribution in [2.45, 2.75) is 26.0 Å². The number of fused-ring (bicyclic) bond motifs is 1. The fourth-order valence-electron chi connectivity index (χ4n) is 3.07. The summed E-state index contributed by atoms with van der Waals surface area (Å²) in [5, 5.41) is 13.0. The third-order valence-electron chi connectivity index (χ3n) is 4.59. The molecule has 1 atom stereocenters. The average Bonchev–Trinajstić information content (AvgIpc) is 2.65. The Morgan fingerprint density at radius 3 is 2.36 bits per heavy atom. The number of rotatable bonds is 7. The molecule has 0 bridgehead atoms. The molecular weight excluding hydrogens is 306 g/mol. The lowest BCUT2D eigenvalue weighted by atomic mass is 10.0. The topological polar surface area (TPSA) is 23.5 Å². The van der Waals surface area contributed by atoms with E-state index in [1.807, 2.05) is 31.2 Å². The molecule has 128 valence electrons. The highest BCUT2D eigenvalue weighted by atomic mass is 16.3. The zero-order chi connectivity index (χ0) is 17.6. The van der Waals surface area contributed by atoms with Crippen molar-refractivity contribution in [3.8, 4) is 0 Å². The average molecular weight is 331 g/mol. The van der Waals surface area contributed by atoms with Gasteiger partial charge in [0, 0.05) is 18.8 Å². The van der Waals surface area contributed by atoms with E-state index in [2.05, 4.69) is 60.0 Å². The van der Waals surface area contributed by atoms with Crippen molar-refractivity contribution in [1.82, 2.24) is 4.90 Å². The summed E-state index contributed by atoms with van der Waals surface area (Å²) in [6, 6.07) is 24.8. The number of allylic oxidation sites excluding steroid dienone is 1. The lowest BCUT2D eigenvalue weighted by molar-refractivity contribution is 0.149. The maximum absolute atomic E-state index is 10.6. The van der Waals surface area contributed by atoms with Crippen LogP contribution in [-0.4, -0.2) is 16.6 Å². The van der Waals surface area contributed by atoms with Crippen LogP contribution in [0, 0.1) is 0 Å². The van der Waals surface area contributed by atoms with E-state index in [4.69, 9.17) is 0 Å². The van der Waals surface area contributed by atoms with E-state index in [-0.39, 0.29) is 0 Å². The fraction of sp³-hybridized carbons (Fsp3) is 0.217. The van der Waals surface area contributed by atoms with Crippen LogP contribution in [0.15, 0.2) is 85.1 Å². The Kier molecular flexibility index (Phi) is 5.52. The van der Waals surface area contributed by atoms with Gasteiger partial charge in [-0.05, 0) is 41.3 Å².